The van der Waals surface area contributed by atoms with E-state index in [0.717, 1.165) is 11.4 Å². The minimum absolute atomic E-state index is 0.349. The van der Waals surface area contributed by atoms with E-state index in [-0.39, 0.29) is 5.41 Å². The Labute approximate surface area is 141 Å². The molecule has 0 radical (unpaired) electrons. The van der Waals surface area contributed by atoms with Crippen molar-refractivity contribution in [3.63, 3.8) is 0 Å². The molecule has 21 heavy (non-hydrogen) atoms. The van der Waals surface area contributed by atoms with E-state index in [9.17, 15) is 0 Å². The number of rotatable bonds is 5. The van der Waals surface area contributed by atoms with Gasteiger partial charge in [0, 0.05) is 30.6 Å². The molecule has 0 bridgehead atoms. The molecular weight excluding hydrogens is 327 g/mol. The normalized spacial score (nSPS) is 11.9. The molecule has 0 spiro atoms. The number of nitrogens with zero attached hydrogens (tertiary/aromatic N) is 2. The van der Waals surface area contributed by atoms with E-state index >= 15 is 0 Å². The van der Waals surface area contributed by atoms with Crippen LogP contribution in [0.25, 0.3) is 0 Å². The molecule has 0 amide bonds. The summed E-state index contributed by atoms with van der Waals surface area (Å²) in [5.74, 6) is 0.865. The van der Waals surface area contributed by atoms with Crippen molar-refractivity contribution in [2.24, 2.45) is 7.05 Å². The van der Waals surface area contributed by atoms with Crippen LogP contribution in [0, 0.1) is 13.8 Å². The quantitative estimate of drug-likeness (QED) is 0.721. The molecule has 0 aliphatic rings. The smallest absolute Gasteiger partial charge is 0.0847 e. The maximum atomic E-state index is 6.39. The predicted octanol–water partition coefficient (Wildman–Crippen LogP) is 4.65. The van der Waals surface area contributed by atoms with Gasteiger partial charge < -0.3 is 0 Å². The first kappa shape index (κ1) is 16.7. The van der Waals surface area contributed by atoms with E-state index in [0.29, 0.717) is 23.2 Å². The number of aromatic nitrogens is 2. The van der Waals surface area contributed by atoms with Crippen LogP contribution < -0.4 is 0 Å². The van der Waals surface area contributed by atoms with Crippen LogP contribution in [0.15, 0.2) is 24.3 Å². The average molecular weight is 346 g/mol. The monoisotopic (exact) mass is 344 g/mol. The number of halogens is 3. The van der Waals surface area contributed by atoms with Gasteiger partial charge in [0.2, 0.25) is 0 Å². The van der Waals surface area contributed by atoms with Crippen LogP contribution in [-0.2, 0) is 18.9 Å². The molecule has 0 fully saturated rings. The molecule has 1 aromatic carbocycles. The highest BCUT2D eigenvalue weighted by Crippen LogP contribution is 2.36. The van der Waals surface area contributed by atoms with Gasteiger partial charge in [0.25, 0.3) is 0 Å². The van der Waals surface area contributed by atoms with Crippen LogP contribution in [-0.4, -0.2) is 21.5 Å². The second-order valence-corrected chi connectivity index (χ2v) is 6.42. The van der Waals surface area contributed by atoms with Crippen molar-refractivity contribution < 1.29 is 0 Å². The summed E-state index contributed by atoms with van der Waals surface area (Å²) < 4.78 is 1.82. The highest BCUT2D eigenvalue weighted by molar-refractivity contribution is 6.32. The number of benzene rings is 1. The molecule has 0 unspecified atom stereocenters. The standard InChI is InChI=1S/C16H19Cl3N2/c1-11-6-4-5-7-13(11)16(9-17,10-18)8-14-15(19)12(2)20-21(14)3/h4-7H,8-10H2,1-3H3. The zero-order valence-corrected chi connectivity index (χ0v) is 14.7. The van der Waals surface area contributed by atoms with E-state index in [2.05, 4.69) is 24.2 Å². The lowest BCUT2D eigenvalue weighted by atomic mass is 9.78. The fourth-order valence-corrected chi connectivity index (χ4v) is 3.72. The lowest BCUT2D eigenvalue weighted by Gasteiger charge is -2.32. The second kappa shape index (κ2) is 6.60. The Morgan fingerprint density at radius 1 is 1.14 bits per heavy atom. The van der Waals surface area contributed by atoms with E-state index in [1.54, 1.807) is 0 Å². The highest BCUT2D eigenvalue weighted by atomic mass is 35.5. The highest BCUT2D eigenvalue weighted by Gasteiger charge is 2.34. The molecule has 0 saturated carbocycles. The zero-order chi connectivity index (χ0) is 15.6. The van der Waals surface area contributed by atoms with E-state index < -0.39 is 0 Å². The minimum Gasteiger partial charge on any atom is -0.271 e. The first-order valence-electron chi connectivity index (χ1n) is 6.81. The molecule has 0 saturated heterocycles. The summed E-state index contributed by atoms with van der Waals surface area (Å²) in [6.45, 7) is 3.99. The zero-order valence-electron chi connectivity index (χ0n) is 12.5. The molecule has 0 aliphatic carbocycles. The topological polar surface area (TPSA) is 17.8 Å². The number of alkyl halides is 2. The van der Waals surface area contributed by atoms with Gasteiger partial charge in [0.1, 0.15) is 0 Å². The third kappa shape index (κ3) is 3.08. The molecule has 2 nitrogen and oxygen atoms in total. The van der Waals surface area contributed by atoms with Gasteiger partial charge in [-0.25, -0.2) is 0 Å². The van der Waals surface area contributed by atoms with Crippen LogP contribution in [0.2, 0.25) is 5.02 Å². The minimum atomic E-state index is -0.349. The van der Waals surface area contributed by atoms with Crippen LogP contribution in [0.4, 0.5) is 0 Å². The van der Waals surface area contributed by atoms with Gasteiger partial charge in [-0.3, -0.25) is 4.68 Å². The van der Waals surface area contributed by atoms with Crippen molar-refractivity contribution in [3.8, 4) is 0 Å². The summed E-state index contributed by atoms with van der Waals surface area (Å²) in [4.78, 5) is 0. The summed E-state index contributed by atoms with van der Waals surface area (Å²) >= 11 is 19.1. The largest absolute Gasteiger partial charge is 0.271 e. The molecular formula is C16H19Cl3N2. The third-order valence-electron chi connectivity index (χ3n) is 4.00. The lowest BCUT2D eigenvalue weighted by molar-refractivity contribution is 0.508. The van der Waals surface area contributed by atoms with E-state index in [1.807, 2.05) is 30.8 Å². The third-order valence-corrected chi connectivity index (χ3v) is 5.51. The number of hydrogen-bond acceptors (Lipinski definition) is 1. The fraction of sp³-hybridized carbons (Fsp3) is 0.438. The molecule has 0 atom stereocenters. The summed E-state index contributed by atoms with van der Waals surface area (Å²) in [7, 11) is 1.90. The van der Waals surface area contributed by atoms with Crippen molar-refractivity contribution >= 4 is 34.8 Å². The van der Waals surface area contributed by atoms with Crippen molar-refractivity contribution in [2.75, 3.05) is 11.8 Å². The molecule has 2 aromatic rings. The van der Waals surface area contributed by atoms with Crippen molar-refractivity contribution in [3.05, 3.63) is 51.8 Å². The molecule has 114 valence electrons. The molecule has 1 heterocycles. The fourth-order valence-electron chi connectivity index (χ4n) is 2.73. The van der Waals surface area contributed by atoms with Gasteiger partial charge in [0.15, 0.2) is 0 Å². The Kier molecular flexibility index (Phi) is 5.24. The maximum Gasteiger partial charge on any atom is 0.0847 e. The van der Waals surface area contributed by atoms with E-state index in [1.165, 1.54) is 11.1 Å². The van der Waals surface area contributed by atoms with E-state index in [4.69, 9.17) is 34.8 Å². The summed E-state index contributed by atoms with van der Waals surface area (Å²) in [5.41, 5.74) is 3.81. The van der Waals surface area contributed by atoms with Gasteiger partial charge in [-0.2, -0.15) is 5.10 Å². The van der Waals surface area contributed by atoms with Crippen LogP contribution >= 0.6 is 34.8 Å². The number of hydrogen-bond donors (Lipinski definition) is 0. The Morgan fingerprint density at radius 3 is 2.24 bits per heavy atom. The van der Waals surface area contributed by atoms with Gasteiger partial charge in [0.05, 0.1) is 16.4 Å². The molecule has 1 aromatic heterocycles. The van der Waals surface area contributed by atoms with Crippen molar-refractivity contribution in [1.82, 2.24) is 9.78 Å². The first-order chi connectivity index (χ1) is 9.95. The SMILES string of the molecule is Cc1ccccc1C(CCl)(CCl)Cc1c(Cl)c(C)nn1C. The molecule has 0 aliphatic heterocycles. The summed E-state index contributed by atoms with van der Waals surface area (Å²) in [5, 5.41) is 5.08. The molecule has 5 heteroatoms. The Balaban J connectivity index is 2.51. The van der Waals surface area contributed by atoms with Crippen LogP contribution in [0.5, 0.6) is 0 Å². The van der Waals surface area contributed by atoms with Gasteiger partial charge in [-0.1, -0.05) is 35.9 Å². The first-order valence-corrected chi connectivity index (χ1v) is 8.26. The maximum absolute atomic E-state index is 6.39. The molecule has 0 N–H and O–H groups in total. The molecule has 2 rings (SSSR count). The van der Waals surface area contributed by atoms with Gasteiger partial charge in [-0.05, 0) is 25.0 Å². The van der Waals surface area contributed by atoms with Crippen molar-refractivity contribution in [2.45, 2.75) is 25.7 Å². The van der Waals surface area contributed by atoms with Crippen LogP contribution in [0.3, 0.4) is 0 Å². The average Bonchev–Trinajstić information content (AvgIpc) is 2.71. The second-order valence-electron chi connectivity index (χ2n) is 5.51. The van der Waals surface area contributed by atoms with Crippen molar-refractivity contribution in [1.29, 1.82) is 0 Å². The number of aryl methyl sites for hydroxylation is 3. The summed E-state index contributed by atoms with van der Waals surface area (Å²) in [6.07, 6.45) is 0.668. The van der Waals surface area contributed by atoms with Gasteiger partial charge >= 0.3 is 0 Å². The van der Waals surface area contributed by atoms with Gasteiger partial charge in [-0.15, -0.1) is 23.2 Å². The Bertz CT molecular complexity index is 630. The Hall–Kier alpha value is -0.700. The predicted molar refractivity (Wildman–Crippen MR) is 91.0 cm³/mol. The lowest BCUT2D eigenvalue weighted by Crippen LogP contribution is -2.35. The summed E-state index contributed by atoms with van der Waals surface area (Å²) in [6, 6.07) is 8.22. The Morgan fingerprint density at radius 2 is 1.76 bits per heavy atom. The van der Waals surface area contributed by atoms with Crippen LogP contribution in [0.1, 0.15) is 22.5 Å².